The van der Waals surface area contributed by atoms with E-state index < -0.39 is 4.92 Å². The smallest absolute Gasteiger partial charge is 0.269 e. The number of hydrogen-bond donors (Lipinski definition) is 1. The lowest BCUT2D eigenvalue weighted by atomic mass is 10.0. The maximum Gasteiger partial charge on any atom is 0.269 e. The molecule has 0 aromatic heterocycles. The van der Waals surface area contributed by atoms with Crippen LogP contribution in [0.25, 0.3) is 0 Å². The number of nitro groups is 1. The van der Waals surface area contributed by atoms with Gasteiger partial charge in [0.15, 0.2) is 0 Å². The first-order chi connectivity index (χ1) is 15.4. The fraction of sp³-hybridized carbons (Fsp3) is 0.250. The molecule has 1 atom stereocenters. The van der Waals surface area contributed by atoms with Gasteiger partial charge in [0, 0.05) is 12.1 Å². The second kappa shape index (κ2) is 11.0. The van der Waals surface area contributed by atoms with Crippen LogP contribution in [0.4, 0.5) is 28.4 Å². The number of aliphatic hydroxyl groups excluding tert-OH is 1. The zero-order chi connectivity index (χ0) is 22.9. The van der Waals surface area contributed by atoms with Gasteiger partial charge in [0.1, 0.15) is 0 Å². The average Bonchev–Trinajstić information content (AvgIpc) is 2.81. The fourth-order valence-corrected chi connectivity index (χ4v) is 2.98. The second-order valence-corrected chi connectivity index (χ2v) is 7.41. The summed E-state index contributed by atoms with van der Waals surface area (Å²) in [5.41, 5.74) is 4.88. The number of rotatable bonds is 9. The van der Waals surface area contributed by atoms with Crippen LogP contribution in [0.3, 0.4) is 0 Å². The molecule has 3 aromatic carbocycles. The van der Waals surface area contributed by atoms with Crippen molar-refractivity contribution in [2.24, 2.45) is 20.5 Å². The highest BCUT2D eigenvalue weighted by molar-refractivity contribution is 5.50. The zero-order valence-corrected chi connectivity index (χ0v) is 18.0. The Bertz CT molecular complexity index is 1110. The summed E-state index contributed by atoms with van der Waals surface area (Å²) in [7, 11) is 0. The number of nitro benzene ring substituents is 1. The third-order valence-corrected chi connectivity index (χ3v) is 4.96. The van der Waals surface area contributed by atoms with E-state index in [1.807, 2.05) is 26.0 Å². The molecule has 0 aliphatic rings. The Morgan fingerprint density at radius 1 is 0.875 bits per heavy atom. The van der Waals surface area contributed by atoms with Gasteiger partial charge >= 0.3 is 0 Å². The molecule has 1 unspecified atom stereocenters. The maximum atomic E-state index is 10.7. The average molecular weight is 431 g/mol. The molecule has 3 aromatic rings. The highest BCUT2D eigenvalue weighted by atomic mass is 16.6. The minimum Gasteiger partial charge on any atom is -0.393 e. The van der Waals surface area contributed by atoms with E-state index in [9.17, 15) is 15.2 Å². The summed E-state index contributed by atoms with van der Waals surface area (Å²) >= 11 is 0. The van der Waals surface area contributed by atoms with Crippen molar-refractivity contribution in [3.63, 3.8) is 0 Å². The van der Waals surface area contributed by atoms with Crippen molar-refractivity contribution in [3.8, 4) is 0 Å². The van der Waals surface area contributed by atoms with Crippen molar-refractivity contribution in [1.82, 2.24) is 0 Å². The first-order valence-corrected chi connectivity index (χ1v) is 10.4. The monoisotopic (exact) mass is 431 g/mol. The predicted molar refractivity (Wildman–Crippen MR) is 124 cm³/mol. The van der Waals surface area contributed by atoms with Crippen molar-refractivity contribution in [3.05, 3.63) is 88.0 Å². The summed E-state index contributed by atoms with van der Waals surface area (Å²) in [6.07, 6.45) is 2.10. The molecule has 3 rings (SSSR count). The first-order valence-electron chi connectivity index (χ1n) is 10.4. The molecule has 0 amide bonds. The third kappa shape index (κ3) is 6.61. The van der Waals surface area contributed by atoms with Gasteiger partial charge in [0.2, 0.25) is 0 Å². The molecule has 164 valence electrons. The molecule has 0 bridgehead atoms. The molecule has 0 aliphatic carbocycles. The van der Waals surface area contributed by atoms with Crippen LogP contribution in [0.15, 0.2) is 87.2 Å². The number of hydrogen-bond acceptors (Lipinski definition) is 7. The van der Waals surface area contributed by atoms with Gasteiger partial charge in [0.25, 0.3) is 5.69 Å². The molecule has 32 heavy (non-hydrogen) atoms. The van der Waals surface area contributed by atoms with Crippen LogP contribution in [0.1, 0.15) is 30.9 Å². The number of aryl methyl sites for hydroxylation is 2. The third-order valence-electron chi connectivity index (χ3n) is 4.96. The zero-order valence-electron chi connectivity index (χ0n) is 18.0. The van der Waals surface area contributed by atoms with Crippen LogP contribution in [-0.4, -0.2) is 16.1 Å². The van der Waals surface area contributed by atoms with Gasteiger partial charge in [-0.05, 0) is 79.8 Å². The molecule has 0 saturated carbocycles. The van der Waals surface area contributed by atoms with Crippen LogP contribution < -0.4 is 0 Å². The Labute approximate surface area is 186 Å². The number of benzene rings is 3. The van der Waals surface area contributed by atoms with Gasteiger partial charge in [0.05, 0.1) is 33.8 Å². The number of aliphatic hydroxyl groups is 1. The molecule has 0 fully saturated rings. The summed E-state index contributed by atoms with van der Waals surface area (Å²) in [6, 6.07) is 19.1. The van der Waals surface area contributed by atoms with Crippen LogP contribution in [0, 0.1) is 17.0 Å². The van der Waals surface area contributed by atoms with Crippen molar-refractivity contribution in [2.75, 3.05) is 0 Å². The van der Waals surface area contributed by atoms with Gasteiger partial charge in [-0.3, -0.25) is 10.1 Å². The largest absolute Gasteiger partial charge is 0.393 e. The lowest BCUT2D eigenvalue weighted by Gasteiger charge is -2.08. The molecular formula is C24H25N5O3. The topological polar surface area (TPSA) is 113 Å². The Kier molecular flexibility index (Phi) is 7.88. The van der Waals surface area contributed by atoms with E-state index in [4.69, 9.17) is 0 Å². The van der Waals surface area contributed by atoms with Gasteiger partial charge in [-0.15, -0.1) is 0 Å². The molecule has 0 aliphatic heterocycles. The summed E-state index contributed by atoms with van der Waals surface area (Å²) < 4.78 is 0. The van der Waals surface area contributed by atoms with E-state index in [0.29, 0.717) is 17.1 Å². The van der Waals surface area contributed by atoms with Crippen LogP contribution in [0.2, 0.25) is 0 Å². The summed E-state index contributed by atoms with van der Waals surface area (Å²) in [5.74, 6) is 0. The normalized spacial score (nSPS) is 12.5. The van der Waals surface area contributed by atoms with Crippen LogP contribution in [-0.2, 0) is 6.42 Å². The Morgan fingerprint density at radius 2 is 1.41 bits per heavy atom. The highest BCUT2D eigenvalue weighted by Crippen LogP contribution is 2.26. The number of nitrogens with zero attached hydrogens (tertiary/aromatic N) is 5. The van der Waals surface area contributed by atoms with Crippen molar-refractivity contribution in [2.45, 2.75) is 39.2 Å². The summed E-state index contributed by atoms with van der Waals surface area (Å²) in [6.45, 7) is 3.98. The van der Waals surface area contributed by atoms with Crippen molar-refractivity contribution < 1.29 is 10.0 Å². The number of azo groups is 2. The standard InChI is InChI=1S/C24H25N5O3/c1-3-23(30)14-4-18-5-15-24(17(2)16-18)28-27-20-8-6-19(7-9-20)25-26-21-10-12-22(13-11-21)29(31)32/h5-13,15-16,23,30H,3-4,14H2,1-2H3. The van der Waals surface area contributed by atoms with Gasteiger partial charge in [-0.1, -0.05) is 19.1 Å². The van der Waals surface area contributed by atoms with Gasteiger partial charge < -0.3 is 5.11 Å². The minimum atomic E-state index is -0.455. The molecule has 1 N–H and O–H groups in total. The van der Waals surface area contributed by atoms with Gasteiger partial charge in [-0.25, -0.2) is 0 Å². The van der Waals surface area contributed by atoms with Crippen LogP contribution >= 0.6 is 0 Å². The molecule has 0 spiro atoms. The molecule has 8 nitrogen and oxygen atoms in total. The molecule has 0 radical (unpaired) electrons. The fourth-order valence-electron chi connectivity index (χ4n) is 2.98. The summed E-state index contributed by atoms with van der Waals surface area (Å²) in [4.78, 5) is 10.2. The SMILES string of the molecule is CCC(O)CCc1ccc(N=Nc2ccc(N=Nc3ccc([N+](=O)[O-])cc3)cc2)c(C)c1. The van der Waals surface area contributed by atoms with E-state index in [1.165, 1.54) is 17.7 Å². The maximum absolute atomic E-state index is 10.7. The summed E-state index contributed by atoms with van der Waals surface area (Å²) in [5, 5.41) is 37.3. The molecular weight excluding hydrogens is 406 g/mol. The van der Waals surface area contributed by atoms with Gasteiger partial charge in [-0.2, -0.15) is 20.5 Å². The van der Waals surface area contributed by atoms with E-state index in [2.05, 4.69) is 26.5 Å². The molecule has 0 saturated heterocycles. The minimum absolute atomic E-state index is 0.0128. The second-order valence-electron chi connectivity index (χ2n) is 7.41. The highest BCUT2D eigenvalue weighted by Gasteiger charge is 2.05. The van der Waals surface area contributed by atoms with Crippen molar-refractivity contribution >= 4 is 28.4 Å². The quantitative estimate of drug-likeness (QED) is 0.216. The molecule has 8 heteroatoms. The molecule has 0 heterocycles. The van der Waals surface area contributed by atoms with Crippen LogP contribution in [0.5, 0.6) is 0 Å². The Hall–Kier alpha value is -3.78. The lowest BCUT2D eigenvalue weighted by Crippen LogP contribution is -2.05. The van der Waals surface area contributed by atoms with E-state index in [0.717, 1.165) is 30.5 Å². The first kappa shape index (κ1) is 22.9. The van der Waals surface area contributed by atoms with E-state index in [-0.39, 0.29) is 11.8 Å². The van der Waals surface area contributed by atoms with E-state index in [1.54, 1.807) is 36.4 Å². The Balaban J connectivity index is 1.60. The predicted octanol–water partition coefficient (Wildman–Crippen LogP) is 7.44. The lowest BCUT2D eigenvalue weighted by molar-refractivity contribution is -0.384. The van der Waals surface area contributed by atoms with Crippen molar-refractivity contribution in [1.29, 1.82) is 0 Å². The Morgan fingerprint density at radius 3 is 1.91 bits per heavy atom. The number of non-ortho nitro benzene ring substituents is 1. The van der Waals surface area contributed by atoms with E-state index >= 15 is 0 Å².